The maximum atomic E-state index is 11.7. The van der Waals surface area contributed by atoms with Gasteiger partial charge in [-0.15, -0.1) is 0 Å². The summed E-state index contributed by atoms with van der Waals surface area (Å²) in [6.07, 6.45) is 0. The fourth-order valence-electron chi connectivity index (χ4n) is 1.29. The number of carbonyl (C=O) groups is 1. The Kier molecular flexibility index (Phi) is 4.64. The molecule has 0 radical (unpaired) electrons. The molecule has 0 atom stereocenters. The second-order valence-corrected chi connectivity index (χ2v) is 3.02. The van der Waals surface area contributed by atoms with Crippen LogP contribution < -0.4 is 9.47 Å². The molecule has 0 aliphatic carbocycles. The lowest BCUT2D eigenvalue weighted by molar-refractivity contribution is 0.0521. The number of benzene rings is 1. The molecule has 0 aliphatic heterocycles. The van der Waals surface area contributed by atoms with E-state index in [0.717, 1.165) is 0 Å². The molecule has 0 amide bonds. The van der Waals surface area contributed by atoms with Crippen molar-refractivity contribution in [3.63, 3.8) is 0 Å². The lowest BCUT2D eigenvalue weighted by Crippen LogP contribution is -2.08. The standard InChI is InChI=1S/C12H16O4/c1-4-15-11-7-6-9(14-3)8-10(11)12(13)16-5-2/h6-8H,4-5H2,1-3H3. The van der Waals surface area contributed by atoms with Crippen molar-refractivity contribution in [3.05, 3.63) is 23.8 Å². The van der Waals surface area contributed by atoms with Gasteiger partial charge in [0.05, 0.1) is 20.3 Å². The van der Waals surface area contributed by atoms with Crippen LogP contribution in [0.1, 0.15) is 24.2 Å². The first-order valence-corrected chi connectivity index (χ1v) is 5.20. The number of esters is 1. The number of hydrogen-bond donors (Lipinski definition) is 0. The zero-order chi connectivity index (χ0) is 12.0. The summed E-state index contributed by atoms with van der Waals surface area (Å²) >= 11 is 0. The summed E-state index contributed by atoms with van der Waals surface area (Å²) in [6, 6.07) is 5.06. The molecule has 16 heavy (non-hydrogen) atoms. The molecule has 0 saturated carbocycles. The molecule has 4 heteroatoms. The van der Waals surface area contributed by atoms with E-state index in [1.807, 2.05) is 6.92 Å². The summed E-state index contributed by atoms with van der Waals surface area (Å²) in [5.74, 6) is 0.720. The SMILES string of the molecule is CCOC(=O)c1cc(OC)ccc1OCC. The van der Waals surface area contributed by atoms with E-state index in [9.17, 15) is 4.79 Å². The second-order valence-electron chi connectivity index (χ2n) is 3.02. The lowest BCUT2D eigenvalue weighted by Gasteiger charge is -2.10. The van der Waals surface area contributed by atoms with Gasteiger partial charge in [-0.05, 0) is 32.0 Å². The van der Waals surface area contributed by atoms with Crippen LogP contribution in [0.4, 0.5) is 0 Å². The number of rotatable bonds is 5. The van der Waals surface area contributed by atoms with Crippen molar-refractivity contribution in [1.29, 1.82) is 0 Å². The van der Waals surface area contributed by atoms with Gasteiger partial charge in [-0.3, -0.25) is 0 Å². The van der Waals surface area contributed by atoms with Gasteiger partial charge in [0.15, 0.2) is 0 Å². The predicted octanol–water partition coefficient (Wildman–Crippen LogP) is 2.27. The van der Waals surface area contributed by atoms with Gasteiger partial charge in [-0.2, -0.15) is 0 Å². The molecular weight excluding hydrogens is 208 g/mol. The Labute approximate surface area is 95.1 Å². The number of methoxy groups -OCH3 is 1. The number of ether oxygens (including phenoxy) is 3. The molecule has 0 heterocycles. The molecular formula is C12H16O4. The number of hydrogen-bond acceptors (Lipinski definition) is 4. The first-order valence-electron chi connectivity index (χ1n) is 5.20. The highest BCUT2D eigenvalue weighted by molar-refractivity contribution is 5.93. The van der Waals surface area contributed by atoms with Crippen LogP contribution in [0.15, 0.2) is 18.2 Å². The van der Waals surface area contributed by atoms with E-state index in [1.165, 1.54) is 0 Å². The zero-order valence-electron chi connectivity index (χ0n) is 9.78. The normalized spacial score (nSPS) is 9.69. The van der Waals surface area contributed by atoms with Crippen LogP contribution in [-0.4, -0.2) is 26.3 Å². The molecule has 88 valence electrons. The predicted molar refractivity (Wildman–Crippen MR) is 60.1 cm³/mol. The van der Waals surface area contributed by atoms with Crippen LogP contribution in [-0.2, 0) is 4.74 Å². The topological polar surface area (TPSA) is 44.8 Å². The van der Waals surface area contributed by atoms with Crippen LogP contribution in [0, 0.1) is 0 Å². The van der Waals surface area contributed by atoms with Gasteiger partial charge in [0.1, 0.15) is 17.1 Å². The molecule has 0 aliphatic rings. The fraction of sp³-hybridized carbons (Fsp3) is 0.417. The van der Waals surface area contributed by atoms with Crippen molar-refractivity contribution in [2.24, 2.45) is 0 Å². The van der Waals surface area contributed by atoms with Crippen LogP contribution in [0.3, 0.4) is 0 Å². The van der Waals surface area contributed by atoms with Crippen LogP contribution >= 0.6 is 0 Å². The zero-order valence-corrected chi connectivity index (χ0v) is 9.78. The summed E-state index contributed by atoms with van der Waals surface area (Å²) in [7, 11) is 1.55. The lowest BCUT2D eigenvalue weighted by atomic mass is 10.2. The minimum Gasteiger partial charge on any atom is -0.497 e. The monoisotopic (exact) mass is 224 g/mol. The van der Waals surface area contributed by atoms with E-state index in [-0.39, 0.29) is 0 Å². The van der Waals surface area contributed by atoms with E-state index in [1.54, 1.807) is 32.2 Å². The Balaban J connectivity index is 3.04. The van der Waals surface area contributed by atoms with E-state index in [4.69, 9.17) is 14.2 Å². The van der Waals surface area contributed by atoms with Crippen molar-refractivity contribution < 1.29 is 19.0 Å². The molecule has 0 bridgehead atoms. The van der Waals surface area contributed by atoms with E-state index in [2.05, 4.69) is 0 Å². The fourth-order valence-corrected chi connectivity index (χ4v) is 1.29. The molecule has 4 nitrogen and oxygen atoms in total. The first-order chi connectivity index (χ1) is 7.72. The second kappa shape index (κ2) is 6.00. The highest BCUT2D eigenvalue weighted by atomic mass is 16.5. The van der Waals surface area contributed by atoms with Crippen LogP contribution in [0.2, 0.25) is 0 Å². The number of carbonyl (C=O) groups excluding carboxylic acids is 1. The molecule has 0 aromatic heterocycles. The minimum absolute atomic E-state index is 0.335. The minimum atomic E-state index is -0.398. The summed E-state index contributed by atoms with van der Waals surface area (Å²) in [4.78, 5) is 11.7. The third kappa shape index (κ3) is 2.89. The van der Waals surface area contributed by atoms with E-state index in [0.29, 0.717) is 30.3 Å². The summed E-state index contributed by atoms with van der Waals surface area (Å²) in [6.45, 7) is 4.46. The quantitative estimate of drug-likeness (QED) is 0.720. The van der Waals surface area contributed by atoms with Gasteiger partial charge < -0.3 is 14.2 Å². The van der Waals surface area contributed by atoms with Crippen molar-refractivity contribution in [1.82, 2.24) is 0 Å². The Morgan fingerprint density at radius 3 is 2.56 bits per heavy atom. The highest BCUT2D eigenvalue weighted by Gasteiger charge is 2.14. The Hall–Kier alpha value is -1.71. The average molecular weight is 224 g/mol. The maximum absolute atomic E-state index is 11.7. The van der Waals surface area contributed by atoms with Crippen molar-refractivity contribution in [2.45, 2.75) is 13.8 Å². The molecule has 1 rings (SSSR count). The average Bonchev–Trinajstić information content (AvgIpc) is 2.30. The molecule has 0 fully saturated rings. The molecule has 0 N–H and O–H groups in total. The molecule has 0 unspecified atom stereocenters. The van der Waals surface area contributed by atoms with E-state index < -0.39 is 5.97 Å². The van der Waals surface area contributed by atoms with Gasteiger partial charge in [0.2, 0.25) is 0 Å². The Morgan fingerprint density at radius 1 is 1.25 bits per heavy atom. The van der Waals surface area contributed by atoms with Gasteiger partial charge in [-0.25, -0.2) is 4.79 Å². The van der Waals surface area contributed by atoms with Crippen LogP contribution in [0.25, 0.3) is 0 Å². The summed E-state index contributed by atoms with van der Waals surface area (Å²) in [5.41, 5.74) is 0.392. The molecule has 0 saturated heterocycles. The highest BCUT2D eigenvalue weighted by Crippen LogP contribution is 2.24. The largest absolute Gasteiger partial charge is 0.497 e. The van der Waals surface area contributed by atoms with Crippen molar-refractivity contribution in [2.75, 3.05) is 20.3 Å². The molecule has 0 spiro atoms. The smallest absolute Gasteiger partial charge is 0.342 e. The van der Waals surface area contributed by atoms with Crippen molar-refractivity contribution in [3.8, 4) is 11.5 Å². The summed E-state index contributed by atoms with van der Waals surface area (Å²) < 4.78 is 15.3. The van der Waals surface area contributed by atoms with Gasteiger partial charge in [0, 0.05) is 0 Å². The van der Waals surface area contributed by atoms with E-state index >= 15 is 0 Å². The molecule has 1 aromatic rings. The summed E-state index contributed by atoms with van der Waals surface area (Å²) in [5, 5.41) is 0. The van der Waals surface area contributed by atoms with Gasteiger partial charge >= 0.3 is 5.97 Å². The third-order valence-corrected chi connectivity index (χ3v) is 1.98. The van der Waals surface area contributed by atoms with Gasteiger partial charge in [0.25, 0.3) is 0 Å². The molecule has 1 aromatic carbocycles. The van der Waals surface area contributed by atoms with Gasteiger partial charge in [-0.1, -0.05) is 0 Å². The maximum Gasteiger partial charge on any atom is 0.342 e. The Morgan fingerprint density at radius 2 is 2.00 bits per heavy atom. The van der Waals surface area contributed by atoms with Crippen LogP contribution in [0.5, 0.6) is 11.5 Å². The first kappa shape index (κ1) is 12.4. The Bertz CT molecular complexity index is 360. The third-order valence-electron chi connectivity index (χ3n) is 1.98. The van der Waals surface area contributed by atoms with Crippen molar-refractivity contribution >= 4 is 5.97 Å².